The van der Waals surface area contributed by atoms with Crippen molar-refractivity contribution in [2.24, 2.45) is 0 Å². The van der Waals surface area contributed by atoms with Gasteiger partial charge in [0.2, 0.25) is 0 Å². The lowest BCUT2D eigenvalue weighted by atomic mass is 9.96. The third-order valence-electron chi connectivity index (χ3n) is 11.8. The van der Waals surface area contributed by atoms with E-state index in [2.05, 4.69) is 33.9 Å². The standard InChI is InChI=1S/C46H63NO10Si/c1-31-24-25-32(2)47(31)38-40(49)39(48)36(30-55-58(7,8)46(3,4)5)56-44(38)54-29-37-41(51-26-33-18-12-9-13-19-33)42(52-27-34-20-14-10-15-21-34)43(45(50-6)57-37)53-28-35-22-16-11-17-23-35/h9-25,36-45,48-49H,26-30H2,1-8H3/t36-,37-,38-,39-,40-,41-,42+,43-,44-,45+/m1/s1. The van der Waals surface area contributed by atoms with Crippen molar-refractivity contribution in [3.63, 3.8) is 0 Å². The first-order valence-electron chi connectivity index (χ1n) is 20.3. The van der Waals surface area contributed by atoms with Gasteiger partial charge in [-0.3, -0.25) is 0 Å². The summed E-state index contributed by atoms with van der Waals surface area (Å²) >= 11 is 0. The fraction of sp³-hybridized carbons (Fsp3) is 0.522. The summed E-state index contributed by atoms with van der Waals surface area (Å²) in [5.41, 5.74) is 4.76. The molecule has 0 amide bonds. The fourth-order valence-corrected chi connectivity index (χ4v) is 8.40. The summed E-state index contributed by atoms with van der Waals surface area (Å²) in [6, 6.07) is 33.0. The number of hydrogen-bond donors (Lipinski definition) is 2. The maximum Gasteiger partial charge on any atom is 0.192 e. The molecule has 0 aliphatic carbocycles. The molecule has 0 radical (unpaired) electrons. The number of benzene rings is 3. The van der Waals surface area contributed by atoms with Gasteiger partial charge < -0.3 is 52.4 Å². The smallest absolute Gasteiger partial charge is 0.192 e. The minimum atomic E-state index is -2.22. The van der Waals surface area contributed by atoms with Gasteiger partial charge in [-0.25, -0.2) is 0 Å². The minimum Gasteiger partial charge on any atom is -0.414 e. The van der Waals surface area contributed by atoms with Crippen LogP contribution in [0.3, 0.4) is 0 Å². The Morgan fingerprint density at radius 2 is 1.05 bits per heavy atom. The van der Waals surface area contributed by atoms with Crippen molar-refractivity contribution < 1.29 is 47.8 Å². The minimum absolute atomic E-state index is 0.0188. The monoisotopic (exact) mass is 817 g/mol. The zero-order valence-electron chi connectivity index (χ0n) is 35.2. The number of hydrogen-bond acceptors (Lipinski definition) is 10. The lowest BCUT2D eigenvalue weighted by Gasteiger charge is -2.47. The molecule has 2 aliphatic heterocycles. The molecule has 0 spiro atoms. The molecule has 12 heteroatoms. The van der Waals surface area contributed by atoms with Crippen molar-refractivity contribution >= 4 is 8.32 Å². The normalized spacial score (nSPS) is 28.1. The zero-order chi connectivity index (χ0) is 41.5. The van der Waals surface area contributed by atoms with Crippen LogP contribution in [0.15, 0.2) is 103 Å². The van der Waals surface area contributed by atoms with Gasteiger partial charge in [0.15, 0.2) is 20.9 Å². The van der Waals surface area contributed by atoms with Gasteiger partial charge in [0.25, 0.3) is 0 Å². The van der Waals surface area contributed by atoms with Crippen LogP contribution in [0.2, 0.25) is 18.1 Å². The SMILES string of the molecule is CO[C@H]1O[C@H](CO[C@@H]2O[C@H](CO[Si](C)(C)C(C)(C)C)[C@@H](O)[C@H](O)[C@H]2n2c(C)ccc2C)[C@@H](OCc2ccccc2)[C@H](OCc2ccccc2)[C@H]1OCc1ccccc1. The Bertz CT molecular complexity index is 1800. The molecule has 58 heavy (non-hydrogen) atoms. The van der Waals surface area contributed by atoms with Gasteiger partial charge in [-0.1, -0.05) is 112 Å². The molecule has 2 N–H and O–H groups in total. The maximum absolute atomic E-state index is 11.9. The second-order valence-corrected chi connectivity index (χ2v) is 21.8. The van der Waals surface area contributed by atoms with Gasteiger partial charge in [-0.15, -0.1) is 0 Å². The van der Waals surface area contributed by atoms with Crippen LogP contribution in [-0.4, -0.2) is 98.7 Å². The van der Waals surface area contributed by atoms with Crippen molar-refractivity contribution in [1.29, 1.82) is 0 Å². The number of rotatable bonds is 17. The van der Waals surface area contributed by atoms with Gasteiger partial charge in [0.05, 0.1) is 33.0 Å². The molecular weight excluding hydrogens is 755 g/mol. The molecule has 1 aromatic heterocycles. The quantitative estimate of drug-likeness (QED) is 0.106. The summed E-state index contributed by atoms with van der Waals surface area (Å²) in [5, 5.41) is 23.4. The fourth-order valence-electron chi connectivity index (χ4n) is 7.38. The van der Waals surface area contributed by atoms with Crippen LogP contribution in [0.4, 0.5) is 0 Å². The number of aryl methyl sites for hydroxylation is 2. The molecule has 3 aromatic carbocycles. The number of nitrogens with zero attached hydrogens (tertiary/aromatic N) is 1. The molecule has 0 bridgehead atoms. The van der Waals surface area contributed by atoms with Crippen LogP contribution < -0.4 is 0 Å². The highest BCUT2D eigenvalue weighted by molar-refractivity contribution is 6.74. The Hall–Kier alpha value is -3.24. The Morgan fingerprint density at radius 1 is 0.586 bits per heavy atom. The van der Waals surface area contributed by atoms with Gasteiger partial charge in [0, 0.05) is 18.5 Å². The van der Waals surface area contributed by atoms with E-state index in [9.17, 15) is 10.2 Å². The lowest BCUT2D eigenvalue weighted by molar-refractivity contribution is -0.336. The largest absolute Gasteiger partial charge is 0.414 e. The van der Waals surface area contributed by atoms with Crippen molar-refractivity contribution in [3.8, 4) is 0 Å². The zero-order valence-corrected chi connectivity index (χ0v) is 36.2. The van der Waals surface area contributed by atoms with E-state index < -0.39 is 69.7 Å². The second-order valence-electron chi connectivity index (χ2n) is 17.0. The van der Waals surface area contributed by atoms with Crippen molar-refractivity contribution in [2.75, 3.05) is 20.3 Å². The molecule has 3 heterocycles. The molecule has 0 unspecified atom stereocenters. The number of methoxy groups -OCH3 is 1. The molecule has 2 saturated heterocycles. The first-order valence-corrected chi connectivity index (χ1v) is 23.2. The average Bonchev–Trinajstić information content (AvgIpc) is 3.55. The van der Waals surface area contributed by atoms with Gasteiger partial charge in [-0.05, 0) is 60.8 Å². The topological polar surface area (TPSA) is 119 Å². The number of aliphatic hydroxyl groups is 2. The summed E-state index contributed by atoms with van der Waals surface area (Å²) < 4.78 is 54.8. The van der Waals surface area contributed by atoms with E-state index in [0.717, 1.165) is 28.1 Å². The number of aliphatic hydroxyl groups excluding tert-OH is 2. The molecule has 2 aliphatic rings. The molecule has 6 rings (SSSR count). The van der Waals surface area contributed by atoms with E-state index in [4.69, 9.17) is 37.6 Å². The van der Waals surface area contributed by atoms with E-state index in [1.165, 1.54) is 0 Å². The van der Waals surface area contributed by atoms with Crippen LogP contribution in [-0.2, 0) is 57.4 Å². The van der Waals surface area contributed by atoms with Gasteiger partial charge >= 0.3 is 0 Å². The van der Waals surface area contributed by atoms with Crippen molar-refractivity contribution in [1.82, 2.24) is 4.57 Å². The van der Waals surface area contributed by atoms with Crippen LogP contribution in [0.25, 0.3) is 0 Å². The van der Waals surface area contributed by atoms with E-state index in [0.29, 0.717) is 13.2 Å². The maximum atomic E-state index is 11.9. The Morgan fingerprint density at radius 3 is 1.53 bits per heavy atom. The summed E-state index contributed by atoms with van der Waals surface area (Å²) in [6.45, 7) is 15.7. The van der Waals surface area contributed by atoms with Crippen LogP contribution in [0, 0.1) is 13.8 Å². The molecule has 316 valence electrons. The Kier molecular flexibility index (Phi) is 15.2. The Labute approximate surface area is 345 Å². The highest BCUT2D eigenvalue weighted by Gasteiger charge is 2.51. The average molecular weight is 818 g/mol. The molecule has 4 aromatic rings. The molecule has 2 fully saturated rings. The summed E-state index contributed by atoms with van der Waals surface area (Å²) in [7, 11) is -0.638. The van der Waals surface area contributed by atoms with Gasteiger partial charge in [0.1, 0.15) is 48.8 Å². The van der Waals surface area contributed by atoms with Crippen molar-refractivity contribution in [3.05, 3.63) is 131 Å². The van der Waals surface area contributed by atoms with Crippen LogP contribution >= 0.6 is 0 Å². The highest BCUT2D eigenvalue weighted by Crippen LogP contribution is 2.39. The summed E-state index contributed by atoms with van der Waals surface area (Å²) in [4.78, 5) is 0. The number of aromatic nitrogens is 1. The second kappa shape index (κ2) is 19.9. The van der Waals surface area contributed by atoms with Crippen LogP contribution in [0.1, 0.15) is 54.9 Å². The van der Waals surface area contributed by atoms with E-state index in [-0.39, 0.29) is 24.9 Å². The predicted octanol–water partition coefficient (Wildman–Crippen LogP) is 7.26. The van der Waals surface area contributed by atoms with E-state index >= 15 is 0 Å². The van der Waals surface area contributed by atoms with Crippen LogP contribution in [0.5, 0.6) is 0 Å². The number of ether oxygens (including phenoxy) is 7. The molecule has 0 saturated carbocycles. The summed E-state index contributed by atoms with van der Waals surface area (Å²) in [6.07, 6.45) is -7.88. The third-order valence-corrected chi connectivity index (χ3v) is 16.3. The van der Waals surface area contributed by atoms with E-state index in [1.54, 1.807) is 7.11 Å². The van der Waals surface area contributed by atoms with Crippen molar-refractivity contribution in [2.45, 2.75) is 134 Å². The summed E-state index contributed by atoms with van der Waals surface area (Å²) in [5.74, 6) is 0. The first kappa shape index (κ1) is 44.3. The highest BCUT2D eigenvalue weighted by atomic mass is 28.4. The first-order chi connectivity index (χ1) is 27.8. The molecule has 11 nitrogen and oxygen atoms in total. The Balaban J connectivity index is 1.31. The third kappa shape index (κ3) is 10.7. The predicted molar refractivity (Wildman–Crippen MR) is 223 cm³/mol. The van der Waals surface area contributed by atoms with E-state index in [1.807, 2.05) is 122 Å². The molecular formula is C46H63NO10Si. The lowest BCUT2D eigenvalue weighted by Crippen LogP contribution is -2.62. The van der Waals surface area contributed by atoms with Gasteiger partial charge in [-0.2, -0.15) is 0 Å². The molecule has 10 atom stereocenters.